The number of benzene rings is 1. The third-order valence-electron chi connectivity index (χ3n) is 3.73. The van der Waals surface area contributed by atoms with Gasteiger partial charge in [0.15, 0.2) is 0 Å². The van der Waals surface area contributed by atoms with E-state index in [1.807, 2.05) is 6.92 Å². The average molecular weight is 329 g/mol. The Morgan fingerprint density at radius 2 is 2.26 bits per heavy atom. The Hall–Kier alpha value is -0.940. The summed E-state index contributed by atoms with van der Waals surface area (Å²) in [5.74, 6) is -0.184. The molecule has 0 aromatic heterocycles. The van der Waals surface area contributed by atoms with Gasteiger partial charge >= 0.3 is 0 Å². The van der Waals surface area contributed by atoms with Gasteiger partial charge in [-0.15, -0.1) is 0 Å². The number of nitrogens with two attached hydrogens (primary N) is 1. The number of carbonyl (C=O) groups excluding carboxylic acids is 1. The Labute approximate surface area is 121 Å². The van der Waals surface area contributed by atoms with Crippen LogP contribution in [0.25, 0.3) is 0 Å². The predicted molar refractivity (Wildman–Crippen MR) is 76.4 cm³/mol. The van der Waals surface area contributed by atoms with Gasteiger partial charge in [-0.25, -0.2) is 4.39 Å². The summed E-state index contributed by atoms with van der Waals surface area (Å²) in [6.07, 6.45) is 1.99. The second-order valence-corrected chi connectivity index (χ2v) is 5.96. The van der Waals surface area contributed by atoms with Gasteiger partial charge in [-0.2, -0.15) is 0 Å². The Morgan fingerprint density at radius 1 is 1.53 bits per heavy atom. The minimum atomic E-state index is -0.397. The molecule has 104 valence electrons. The SMILES string of the molecule is CC1CCC(CN)CN1C(=O)c1cc(F)ccc1Br. The highest BCUT2D eigenvalue weighted by Crippen LogP contribution is 2.26. The number of amides is 1. The van der Waals surface area contributed by atoms with E-state index >= 15 is 0 Å². The van der Waals surface area contributed by atoms with E-state index in [0.29, 0.717) is 29.0 Å². The molecule has 0 spiro atoms. The van der Waals surface area contributed by atoms with Crippen LogP contribution in [0.4, 0.5) is 4.39 Å². The van der Waals surface area contributed by atoms with Gasteiger partial charge in [0.1, 0.15) is 5.82 Å². The van der Waals surface area contributed by atoms with E-state index in [1.54, 1.807) is 11.0 Å². The summed E-state index contributed by atoms with van der Waals surface area (Å²) in [7, 11) is 0. The number of nitrogens with zero attached hydrogens (tertiary/aromatic N) is 1. The molecular formula is C14H18BrFN2O. The van der Waals surface area contributed by atoms with Crippen molar-refractivity contribution in [2.75, 3.05) is 13.1 Å². The molecule has 1 aliphatic heterocycles. The predicted octanol–water partition coefficient (Wildman–Crippen LogP) is 2.79. The lowest BCUT2D eigenvalue weighted by molar-refractivity contribution is 0.0565. The molecule has 5 heteroatoms. The van der Waals surface area contributed by atoms with Crippen molar-refractivity contribution < 1.29 is 9.18 Å². The van der Waals surface area contributed by atoms with E-state index in [0.717, 1.165) is 12.8 Å². The third kappa shape index (κ3) is 3.15. The van der Waals surface area contributed by atoms with Gasteiger partial charge in [-0.05, 0) is 66.4 Å². The quantitative estimate of drug-likeness (QED) is 0.907. The lowest BCUT2D eigenvalue weighted by Crippen LogP contribution is -2.47. The number of piperidine rings is 1. The molecule has 0 aliphatic carbocycles. The normalized spacial score (nSPS) is 23.5. The summed E-state index contributed by atoms with van der Waals surface area (Å²) in [5, 5.41) is 0. The van der Waals surface area contributed by atoms with Crippen molar-refractivity contribution in [3.8, 4) is 0 Å². The molecule has 0 radical (unpaired) electrons. The highest BCUT2D eigenvalue weighted by Gasteiger charge is 2.29. The van der Waals surface area contributed by atoms with Gasteiger partial charge < -0.3 is 10.6 Å². The zero-order chi connectivity index (χ0) is 14.0. The molecule has 19 heavy (non-hydrogen) atoms. The van der Waals surface area contributed by atoms with E-state index in [1.165, 1.54) is 12.1 Å². The maximum absolute atomic E-state index is 13.3. The van der Waals surface area contributed by atoms with E-state index in [9.17, 15) is 9.18 Å². The molecule has 1 aromatic carbocycles. The molecule has 1 amide bonds. The van der Waals surface area contributed by atoms with Crippen LogP contribution in [0.1, 0.15) is 30.1 Å². The monoisotopic (exact) mass is 328 g/mol. The lowest BCUT2D eigenvalue weighted by atomic mass is 9.93. The Morgan fingerprint density at radius 3 is 2.95 bits per heavy atom. The number of rotatable bonds is 2. The first kappa shape index (κ1) is 14.5. The first-order valence-electron chi connectivity index (χ1n) is 6.49. The molecule has 1 aliphatic rings. The van der Waals surface area contributed by atoms with Crippen LogP contribution < -0.4 is 5.73 Å². The van der Waals surface area contributed by atoms with E-state index in [2.05, 4.69) is 15.9 Å². The van der Waals surface area contributed by atoms with Gasteiger partial charge in [0.05, 0.1) is 5.56 Å². The van der Waals surface area contributed by atoms with E-state index < -0.39 is 5.82 Å². The molecule has 2 atom stereocenters. The summed E-state index contributed by atoms with van der Waals surface area (Å²) in [4.78, 5) is 14.3. The van der Waals surface area contributed by atoms with Gasteiger partial charge in [0.2, 0.25) is 0 Å². The summed E-state index contributed by atoms with van der Waals surface area (Å²) < 4.78 is 13.9. The van der Waals surface area contributed by atoms with E-state index in [-0.39, 0.29) is 11.9 Å². The largest absolute Gasteiger partial charge is 0.336 e. The smallest absolute Gasteiger partial charge is 0.255 e. The van der Waals surface area contributed by atoms with Crippen LogP contribution in [0, 0.1) is 11.7 Å². The lowest BCUT2D eigenvalue weighted by Gasteiger charge is -2.37. The summed E-state index contributed by atoms with van der Waals surface area (Å²) in [6.45, 7) is 3.26. The molecule has 1 fully saturated rings. The summed E-state index contributed by atoms with van der Waals surface area (Å²) in [6, 6.07) is 4.36. The topological polar surface area (TPSA) is 46.3 Å². The molecule has 3 nitrogen and oxygen atoms in total. The zero-order valence-corrected chi connectivity index (χ0v) is 12.5. The molecule has 1 heterocycles. The van der Waals surface area contributed by atoms with Crippen LogP contribution in [0.5, 0.6) is 0 Å². The second-order valence-electron chi connectivity index (χ2n) is 5.11. The Balaban J connectivity index is 2.24. The zero-order valence-electron chi connectivity index (χ0n) is 10.9. The molecule has 2 rings (SSSR count). The van der Waals surface area contributed by atoms with Gasteiger partial charge in [0, 0.05) is 17.1 Å². The highest BCUT2D eigenvalue weighted by atomic mass is 79.9. The van der Waals surface area contributed by atoms with E-state index in [4.69, 9.17) is 5.73 Å². The number of hydrogen-bond donors (Lipinski definition) is 1. The van der Waals surface area contributed by atoms with Crippen LogP contribution >= 0.6 is 15.9 Å². The van der Waals surface area contributed by atoms with Crippen molar-refractivity contribution in [2.45, 2.75) is 25.8 Å². The average Bonchev–Trinajstić information content (AvgIpc) is 2.41. The fraction of sp³-hybridized carbons (Fsp3) is 0.500. The van der Waals surface area contributed by atoms with Gasteiger partial charge in [-0.3, -0.25) is 4.79 Å². The number of carbonyl (C=O) groups is 1. The Kier molecular flexibility index (Phi) is 4.58. The number of hydrogen-bond acceptors (Lipinski definition) is 2. The number of likely N-dealkylation sites (tertiary alicyclic amines) is 1. The van der Waals surface area contributed by atoms with Gasteiger partial charge in [-0.1, -0.05) is 0 Å². The molecule has 2 unspecified atom stereocenters. The van der Waals surface area contributed by atoms with Crippen LogP contribution in [0.15, 0.2) is 22.7 Å². The van der Waals surface area contributed by atoms with Crippen molar-refractivity contribution in [3.05, 3.63) is 34.1 Å². The maximum atomic E-state index is 13.3. The van der Waals surface area contributed by atoms with Gasteiger partial charge in [0.25, 0.3) is 5.91 Å². The minimum absolute atomic E-state index is 0.128. The second kappa shape index (κ2) is 6.01. The highest BCUT2D eigenvalue weighted by molar-refractivity contribution is 9.10. The minimum Gasteiger partial charge on any atom is -0.336 e. The van der Waals surface area contributed by atoms with Crippen LogP contribution in [0.3, 0.4) is 0 Å². The first-order chi connectivity index (χ1) is 9.02. The first-order valence-corrected chi connectivity index (χ1v) is 7.28. The summed E-state index contributed by atoms with van der Waals surface area (Å²) in [5.41, 5.74) is 6.08. The Bertz CT molecular complexity index is 481. The fourth-order valence-electron chi connectivity index (χ4n) is 2.47. The van der Waals surface area contributed by atoms with Crippen molar-refractivity contribution in [2.24, 2.45) is 11.7 Å². The maximum Gasteiger partial charge on any atom is 0.255 e. The van der Waals surface area contributed by atoms with Crippen LogP contribution in [-0.2, 0) is 0 Å². The molecule has 0 saturated carbocycles. The molecule has 2 N–H and O–H groups in total. The molecule has 1 aromatic rings. The third-order valence-corrected chi connectivity index (χ3v) is 4.42. The van der Waals surface area contributed by atoms with Crippen LogP contribution in [-0.4, -0.2) is 29.9 Å². The van der Waals surface area contributed by atoms with Crippen molar-refractivity contribution in [1.82, 2.24) is 4.90 Å². The number of halogens is 2. The standard InChI is InChI=1S/C14H18BrFN2O/c1-9-2-3-10(7-17)8-18(9)14(19)12-6-11(16)4-5-13(12)15/h4-6,9-10H,2-3,7-8,17H2,1H3. The fourth-order valence-corrected chi connectivity index (χ4v) is 2.89. The van der Waals surface area contributed by atoms with Crippen molar-refractivity contribution >= 4 is 21.8 Å². The molecule has 1 saturated heterocycles. The van der Waals surface area contributed by atoms with Crippen molar-refractivity contribution in [1.29, 1.82) is 0 Å². The molecule has 0 bridgehead atoms. The van der Waals surface area contributed by atoms with Crippen LogP contribution in [0.2, 0.25) is 0 Å². The molecular weight excluding hydrogens is 311 g/mol. The summed E-state index contributed by atoms with van der Waals surface area (Å²) >= 11 is 3.31. The van der Waals surface area contributed by atoms with Crippen molar-refractivity contribution in [3.63, 3.8) is 0 Å².